The van der Waals surface area contributed by atoms with Crippen LogP contribution in [0.1, 0.15) is 15.9 Å². The highest BCUT2D eigenvalue weighted by atomic mass is 35.5. The maximum absolute atomic E-state index is 12.1. The number of esters is 1. The summed E-state index contributed by atoms with van der Waals surface area (Å²) in [5, 5.41) is 0.600. The highest BCUT2D eigenvalue weighted by Gasteiger charge is 2.21. The molecule has 0 heterocycles. The zero-order valence-corrected chi connectivity index (χ0v) is 14.7. The van der Waals surface area contributed by atoms with E-state index in [2.05, 4.69) is 4.84 Å². The van der Waals surface area contributed by atoms with Crippen molar-refractivity contribution in [2.45, 2.75) is 11.5 Å². The van der Waals surface area contributed by atoms with E-state index in [1.807, 2.05) is 0 Å². The van der Waals surface area contributed by atoms with E-state index in [1.54, 1.807) is 24.3 Å². The molecule has 0 spiro atoms. The molecule has 0 saturated carbocycles. The third-order valence-corrected chi connectivity index (χ3v) is 5.21. The number of halogens is 1. The van der Waals surface area contributed by atoms with Gasteiger partial charge >= 0.3 is 5.97 Å². The van der Waals surface area contributed by atoms with Crippen LogP contribution in [0.3, 0.4) is 0 Å². The van der Waals surface area contributed by atoms with Gasteiger partial charge in [0.05, 0.1) is 17.6 Å². The van der Waals surface area contributed by atoms with E-state index in [-0.39, 0.29) is 17.1 Å². The van der Waals surface area contributed by atoms with Crippen LogP contribution in [-0.4, -0.2) is 33.0 Å². The van der Waals surface area contributed by atoms with Gasteiger partial charge in [0.1, 0.15) is 6.61 Å². The number of hydrogen-bond acceptors (Lipinski definition) is 5. The number of ether oxygens (including phenoxy) is 1. The molecule has 0 aliphatic heterocycles. The molecule has 2 aromatic rings. The Bertz CT molecular complexity index is 803. The molecular formula is C16H16ClNO5S. The molecule has 0 aromatic heterocycles. The molecule has 6 nitrogen and oxygen atoms in total. The van der Waals surface area contributed by atoms with Gasteiger partial charge in [0, 0.05) is 12.1 Å². The van der Waals surface area contributed by atoms with Gasteiger partial charge in [0.15, 0.2) is 0 Å². The SMILES string of the molecule is CON(C)S(=O)(=O)c1ccc(C(=O)OCc2ccc(Cl)cc2)cc1. The second-order valence-electron chi connectivity index (χ2n) is 4.82. The lowest BCUT2D eigenvalue weighted by molar-refractivity contribution is -0.0258. The van der Waals surface area contributed by atoms with Crippen LogP contribution in [0, 0.1) is 0 Å². The first-order chi connectivity index (χ1) is 11.3. The maximum atomic E-state index is 12.1. The number of sulfonamides is 1. The highest BCUT2D eigenvalue weighted by Crippen LogP contribution is 2.16. The number of nitrogens with zero attached hydrogens (tertiary/aromatic N) is 1. The molecule has 0 amide bonds. The van der Waals surface area contributed by atoms with Gasteiger partial charge in [-0.05, 0) is 42.0 Å². The summed E-state index contributed by atoms with van der Waals surface area (Å²) in [6, 6.07) is 12.3. The van der Waals surface area contributed by atoms with Gasteiger partial charge in [-0.15, -0.1) is 0 Å². The molecule has 0 aliphatic carbocycles. The first kappa shape index (κ1) is 18.4. The van der Waals surface area contributed by atoms with Gasteiger partial charge < -0.3 is 4.74 Å². The monoisotopic (exact) mass is 369 g/mol. The van der Waals surface area contributed by atoms with Crippen molar-refractivity contribution in [3.63, 3.8) is 0 Å². The van der Waals surface area contributed by atoms with Crippen LogP contribution in [0.2, 0.25) is 5.02 Å². The summed E-state index contributed by atoms with van der Waals surface area (Å²) in [4.78, 5) is 16.7. The molecule has 128 valence electrons. The van der Waals surface area contributed by atoms with Crippen LogP contribution in [-0.2, 0) is 26.2 Å². The number of rotatable bonds is 6. The molecule has 0 saturated heterocycles. The van der Waals surface area contributed by atoms with E-state index in [9.17, 15) is 13.2 Å². The lowest BCUT2D eigenvalue weighted by Gasteiger charge is -2.14. The van der Waals surface area contributed by atoms with Crippen molar-refractivity contribution in [2.24, 2.45) is 0 Å². The second-order valence-corrected chi connectivity index (χ2v) is 7.20. The molecule has 8 heteroatoms. The Balaban J connectivity index is 2.05. The summed E-state index contributed by atoms with van der Waals surface area (Å²) in [6.45, 7) is 0.0997. The van der Waals surface area contributed by atoms with Gasteiger partial charge in [-0.25, -0.2) is 13.2 Å². The minimum atomic E-state index is -3.74. The predicted molar refractivity (Wildman–Crippen MR) is 89.0 cm³/mol. The molecule has 2 aromatic carbocycles. The number of benzene rings is 2. The second kappa shape index (κ2) is 7.76. The lowest BCUT2D eigenvalue weighted by Crippen LogP contribution is -2.25. The number of hydroxylamine groups is 1. The smallest absolute Gasteiger partial charge is 0.338 e. The van der Waals surface area contributed by atoms with E-state index in [0.29, 0.717) is 5.02 Å². The molecule has 2 rings (SSSR count). The summed E-state index contributed by atoms with van der Waals surface area (Å²) < 4.78 is 30.0. The van der Waals surface area contributed by atoms with Crippen molar-refractivity contribution in [2.75, 3.05) is 14.2 Å². The van der Waals surface area contributed by atoms with Crippen molar-refractivity contribution < 1.29 is 22.8 Å². The lowest BCUT2D eigenvalue weighted by atomic mass is 10.2. The number of hydrogen-bond donors (Lipinski definition) is 0. The fraction of sp³-hybridized carbons (Fsp3) is 0.188. The topological polar surface area (TPSA) is 72.9 Å². The summed E-state index contributed by atoms with van der Waals surface area (Å²) in [7, 11) is -1.21. The molecule has 0 atom stereocenters. The summed E-state index contributed by atoms with van der Waals surface area (Å²) >= 11 is 5.79. The fourth-order valence-corrected chi connectivity index (χ4v) is 2.92. The normalized spacial score (nSPS) is 11.5. The first-order valence-electron chi connectivity index (χ1n) is 6.89. The number of carbonyl (C=O) groups excluding carboxylic acids is 1. The zero-order chi connectivity index (χ0) is 17.7. The van der Waals surface area contributed by atoms with E-state index >= 15 is 0 Å². The molecular weight excluding hydrogens is 354 g/mol. The van der Waals surface area contributed by atoms with Crippen molar-refractivity contribution in [1.82, 2.24) is 4.47 Å². The molecule has 0 bridgehead atoms. The molecule has 0 unspecified atom stereocenters. The standard InChI is InChI=1S/C16H16ClNO5S/c1-18(22-2)24(20,21)15-9-5-13(6-10-15)16(19)23-11-12-3-7-14(17)8-4-12/h3-10H,11H2,1-2H3. The van der Waals surface area contributed by atoms with Crippen LogP contribution in [0.25, 0.3) is 0 Å². The van der Waals surface area contributed by atoms with Crippen molar-refractivity contribution in [3.8, 4) is 0 Å². The van der Waals surface area contributed by atoms with Gasteiger partial charge in [-0.3, -0.25) is 4.84 Å². The largest absolute Gasteiger partial charge is 0.457 e. The fourth-order valence-electron chi connectivity index (χ4n) is 1.82. The van der Waals surface area contributed by atoms with Gasteiger partial charge in [-0.1, -0.05) is 28.2 Å². The van der Waals surface area contributed by atoms with E-state index in [1.165, 1.54) is 38.4 Å². The first-order valence-corrected chi connectivity index (χ1v) is 8.71. The summed E-state index contributed by atoms with van der Waals surface area (Å²) in [6.07, 6.45) is 0. The molecule has 0 N–H and O–H groups in total. The highest BCUT2D eigenvalue weighted by molar-refractivity contribution is 7.89. The van der Waals surface area contributed by atoms with Crippen LogP contribution in [0.5, 0.6) is 0 Å². The summed E-state index contributed by atoms with van der Waals surface area (Å²) in [5.74, 6) is -0.547. The molecule has 0 fully saturated rings. The van der Waals surface area contributed by atoms with Crippen molar-refractivity contribution in [1.29, 1.82) is 0 Å². The van der Waals surface area contributed by atoms with Crippen LogP contribution in [0.4, 0.5) is 0 Å². The predicted octanol–water partition coefficient (Wildman–Crippen LogP) is 2.88. The minimum Gasteiger partial charge on any atom is -0.457 e. The quantitative estimate of drug-likeness (QED) is 0.578. The average Bonchev–Trinajstić information content (AvgIpc) is 2.60. The van der Waals surface area contributed by atoms with Gasteiger partial charge in [0.25, 0.3) is 10.0 Å². The maximum Gasteiger partial charge on any atom is 0.338 e. The van der Waals surface area contributed by atoms with Crippen LogP contribution < -0.4 is 0 Å². The van der Waals surface area contributed by atoms with Crippen LogP contribution >= 0.6 is 11.6 Å². The number of carbonyl (C=O) groups is 1. The average molecular weight is 370 g/mol. The van der Waals surface area contributed by atoms with E-state index in [0.717, 1.165) is 10.0 Å². The molecule has 24 heavy (non-hydrogen) atoms. The van der Waals surface area contributed by atoms with Gasteiger partial charge in [-0.2, -0.15) is 0 Å². The van der Waals surface area contributed by atoms with Crippen LogP contribution in [0.15, 0.2) is 53.4 Å². The van der Waals surface area contributed by atoms with Gasteiger partial charge in [0.2, 0.25) is 0 Å². The Morgan fingerprint density at radius 1 is 1.08 bits per heavy atom. The Morgan fingerprint density at radius 3 is 2.21 bits per heavy atom. The van der Waals surface area contributed by atoms with Crippen molar-refractivity contribution in [3.05, 3.63) is 64.7 Å². The summed E-state index contributed by atoms with van der Waals surface area (Å²) in [5.41, 5.74) is 1.05. The third-order valence-electron chi connectivity index (χ3n) is 3.27. The Morgan fingerprint density at radius 2 is 1.67 bits per heavy atom. The molecule has 0 radical (unpaired) electrons. The Kier molecular flexibility index (Phi) is 5.95. The third kappa shape index (κ3) is 4.33. The Labute approximate surface area is 145 Å². The van der Waals surface area contributed by atoms with E-state index < -0.39 is 16.0 Å². The molecule has 0 aliphatic rings. The van der Waals surface area contributed by atoms with E-state index in [4.69, 9.17) is 16.3 Å². The van der Waals surface area contributed by atoms with Crippen molar-refractivity contribution >= 4 is 27.6 Å². The zero-order valence-electron chi connectivity index (χ0n) is 13.1. The Hall–Kier alpha value is -1.93. The minimum absolute atomic E-state index is 0.0149.